The third-order valence-corrected chi connectivity index (χ3v) is 4.60. The molecule has 0 amide bonds. The minimum Gasteiger partial charge on any atom is -0.485 e. The summed E-state index contributed by atoms with van der Waals surface area (Å²) in [6.07, 6.45) is 2.91. The topological polar surface area (TPSA) is 63.8 Å². The second-order valence-electron chi connectivity index (χ2n) is 6.47. The SMILES string of the molecule is CC[C@H](CO)CC(=O)c1c(C)nc2c(OCc3ccccc3)cccn12. The Morgan fingerprint density at radius 3 is 2.69 bits per heavy atom. The van der Waals surface area contributed by atoms with E-state index in [1.807, 2.05) is 62.5 Å². The molecule has 0 bridgehead atoms. The lowest BCUT2D eigenvalue weighted by atomic mass is 9.99. The highest BCUT2D eigenvalue weighted by Crippen LogP contribution is 2.24. The summed E-state index contributed by atoms with van der Waals surface area (Å²) in [7, 11) is 0. The zero-order valence-electron chi connectivity index (χ0n) is 15.2. The normalized spacial score (nSPS) is 12.3. The van der Waals surface area contributed by atoms with Crippen LogP contribution in [0.4, 0.5) is 0 Å². The number of carbonyl (C=O) groups excluding carboxylic acids is 1. The Labute approximate surface area is 153 Å². The van der Waals surface area contributed by atoms with Gasteiger partial charge in [0.1, 0.15) is 12.3 Å². The lowest BCUT2D eigenvalue weighted by molar-refractivity contribution is 0.0927. The molecule has 0 radical (unpaired) electrons. The third-order valence-electron chi connectivity index (χ3n) is 4.60. The number of aryl methyl sites for hydroxylation is 1. The third kappa shape index (κ3) is 3.78. The molecule has 26 heavy (non-hydrogen) atoms. The van der Waals surface area contributed by atoms with Gasteiger partial charge in [-0.25, -0.2) is 4.98 Å². The summed E-state index contributed by atoms with van der Waals surface area (Å²) in [5.41, 5.74) is 2.96. The molecule has 0 saturated carbocycles. The molecule has 5 heteroatoms. The van der Waals surface area contributed by atoms with Crippen LogP contribution in [0.3, 0.4) is 0 Å². The van der Waals surface area contributed by atoms with E-state index >= 15 is 0 Å². The number of imidazole rings is 1. The van der Waals surface area contributed by atoms with Crippen molar-refractivity contribution >= 4 is 11.4 Å². The van der Waals surface area contributed by atoms with E-state index in [2.05, 4.69) is 4.98 Å². The lowest BCUT2D eigenvalue weighted by Crippen LogP contribution is -2.14. The van der Waals surface area contributed by atoms with Gasteiger partial charge < -0.3 is 9.84 Å². The molecule has 1 N–H and O–H groups in total. The van der Waals surface area contributed by atoms with Crippen LogP contribution in [0.25, 0.3) is 5.65 Å². The van der Waals surface area contributed by atoms with E-state index in [1.54, 1.807) is 4.40 Å². The van der Waals surface area contributed by atoms with Crippen molar-refractivity contribution in [2.45, 2.75) is 33.3 Å². The van der Waals surface area contributed by atoms with Crippen molar-refractivity contribution in [3.8, 4) is 5.75 Å². The number of rotatable bonds is 8. The summed E-state index contributed by atoms with van der Waals surface area (Å²) in [6.45, 7) is 4.27. The summed E-state index contributed by atoms with van der Waals surface area (Å²) in [6, 6.07) is 13.6. The Morgan fingerprint density at radius 1 is 1.23 bits per heavy atom. The second-order valence-corrected chi connectivity index (χ2v) is 6.47. The van der Waals surface area contributed by atoms with Crippen LogP contribution in [0.5, 0.6) is 5.75 Å². The van der Waals surface area contributed by atoms with Gasteiger partial charge in [0.2, 0.25) is 0 Å². The molecule has 0 unspecified atom stereocenters. The van der Waals surface area contributed by atoms with E-state index in [1.165, 1.54) is 0 Å². The van der Waals surface area contributed by atoms with Crippen molar-refractivity contribution in [3.63, 3.8) is 0 Å². The second kappa shape index (κ2) is 8.15. The van der Waals surface area contributed by atoms with E-state index in [9.17, 15) is 9.90 Å². The summed E-state index contributed by atoms with van der Waals surface area (Å²) in [5.74, 6) is 0.619. The number of aromatic nitrogens is 2. The molecule has 2 heterocycles. The standard InChI is InChI=1S/C21H24N2O3/c1-3-16(13-24)12-18(25)20-15(2)22-21-19(10-7-11-23(20)21)26-14-17-8-5-4-6-9-17/h4-11,16,24H,3,12-14H2,1-2H3/t16-/m0/s1. The highest BCUT2D eigenvalue weighted by atomic mass is 16.5. The number of carbonyl (C=O) groups is 1. The zero-order chi connectivity index (χ0) is 18.5. The maximum absolute atomic E-state index is 12.7. The molecule has 1 aromatic carbocycles. The summed E-state index contributed by atoms with van der Waals surface area (Å²) >= 11 is 0. The quantitative estimate of drug-likeness (QED) is 0.626. The van der Waals surface area contributed by atoms with Gasteiger partial charge in [-0.2, -0.15) is 0 Å². The Kier molecular flexibility index (Phi) is 5.68. The molecule has 5 nitrogen and oxygen atoms in total. The van der Waals surface area contributed by atoms with E-state index in [-0.39, 0.29) is 18.3 Å². The smallest absolute Gasteiger partial charge is 0.181 e. The van der Waals surface area contributed by atoms with Crippen molar-refractivity contribution in [2.75, 3.05) is 6.61 Å². The number of hydrogen-bond acceptors (Lipinski definition) is 4. The van der Waals surface area contributed by atoms with Gasteiger partial charge in [0.05, 0.1) is 5.69 Å². The average Bonchev–Trinajstić information content (AvgIpc) is 3.01. The predicted molar refractivity (Wildman–Crippen MR) is 101 cm³/mol. The number of ether oxygens (including phenoxy) is 1. The molecular weight excluding hydrogens is 328 g/mol. The molecule has 0 fully saturated rings. The fourth-order valence-electron chi connectivity index (χ4n) is 3.04. The van der Waals surface area contributed by atoms with Crippen molar-refractivity contribution < 1.29 is 14.6 Å². The number of pyridine rings is 1. The number of benzene rings is 1. The van der Waals surface area contributed by atoms with Gasteiger partial charge in [-0.1, -0.05) is 43.7 Å². The Balaban J connectivity index is 1.88. The van der Waals surface area contributed by atoms with Gasteiger partial charge in [-0.05, 0) is 30.5 Å². The minimum atomic E-state index is -0.0232. The Bertz CT molecular complexity index is 883. The molecule has 136 valence electrons. The number of ketones is 1. The predicted octanol–water partition coefficient (Wildman–Crippen LogP) is 3.81. The van der Waals surface area contributed by atoms with Gasteiger partial charge in [-0.3, -0.25) is 9.20 Å². The zero-order valence-corrected chi connectivity index (χ0v) is 15.2. The fraction of sp³-hybridized carbons (Fsp3) is 0.333. The number of aliphatic hydroxyl groups is 1. The largest absolute Gasteiger partial charge is 0.485 e. The summed E-state index contributed by atoms with van der Waals surface area (Å²) in [5, 5.41) is 9.38. The van der Waals surface area contributed by atoms with Crippen LogP contribution in [0, 0.1) is 12.8 Å². The van der Waals surface area contributed by atoms with Gasteiger partial charge in [0.15, 0.2) is 17.2 Å². The fourth-order valence-corrected chi connectivity index (χ4v) is 3.04. The average molecular weight is 352 g/mol. The number of Topliss-reactive ketones (excluding diaryl/α,β-unsaturated/α-hetero) is 1. The lowest BCUT2D eigenvalue weighted by Gasteiger charge is -2.11. The van der Waals surface area contributed by atoms with Crippen LogP contribution >= 0.6 is 0 Å². The first-order valence-electron chi connectivity index (χ1n) is 8.92. The van der Waals surface area contributed by atoms with E-state index in [0.29, 0.717) is 35.8 Å². The molecular formula is C21H24N2O3. The highest BCUT2D eigenvalue weighted by molar-refractivity contribution is 5.96. The van der Waals surface area contributed by atoms with Crippen LogP contribution in [0.15, 0.2) is 48.7 Å². The molecule has 3 rings (SSSR count). The number of aliphatic hydroxyl groups excluding tert-OH is 1. The van der Waals surface area contributed by atoms with Crippen LogP contribution in [0.2, 0.25) is 0 Å². The maximum atomic E-state index is 12.7. The molecule has 0 saturated heterocycles. The first-order valence-corrected chi connectivity index (χ1v) is 8.92. The molecule has 0 spiro atoms. The van der Waals surface area contributed by atoms with Crippen LogP contribution in [-0.4, -0.2) is 26.9 Å². The number of nitrogens with zero attached hydrogens (tertiary/aromatic N) is 2. The van der Waals surface area contributed by atoms with E-state index in [4.69, 9.17) is 4.74 Å². The van der Waals surface area contributed by atoms with Crippen LogP contribution in [-0.2, 0) is 6.61 Å². The van der Waals surface area contributed by atoms with Crippen LogP contribution < -0.4 is 4.74 Å². The van der Waals surface area contributed by atoms with Gasteiger partial charge in [0, 0.05) is 19.2 Å². The highest BCUT2D eigenvalue weighted by Gasteiger charge is 2.21. The molecule has 0 aliphatic carbocycles. The molecule has 0 aliphatic heterocycles. The summed E-state index contributed by atoms with van der Waals surface area (Å²) < 4.78 is 7.74. The van der Waals surface area contributed by atoms with Crippen molar-refractivity contribution in [2.24, 2.45) is 5.92 Å². The van der Waals surface area contributed by atoms with Crippen molar-refractivity contribution in [3.05, 3.63) is 65.6 Å². The molecule has 2 aromatic heterocycles. The number of hydrogen-bond donors (Lipinski definition) is 1. The first kappa shape index (κ1) is 18.1. The van der Waals surface area contributed by atoms with Gasteiger partial charge in [0.25, 0.3) is 0 Å². The Hall–Kier alpha value is -2.66. The monoisotopic (exact) mass is 352 g/mol. The first-order chi connectivity index (χ1) is 12.6. The maximum Gasteiger partial charge on any atom is 0.181 e. The summed E-state index contributed by atoms with van der Waals surface area (Å²) in [4.78, 5) is 17.3. The van der Waals surface area contributed by atoms with Crippen molar-refractivity contribution in [1.29, 1.82) is 0 Å². The van der Waals surface area contributed by atoms with E-state index < -0.39 is 0 Å². The minimum absolute atomic E-state index is 0.00360. The van der Waals surface area contributed by atoms with Crippen molar-refractivity contribution in [1.82, 2.24) is 9.38 Å². The van der Waals surface area contributed by atoms with Gasteiger partial charge >= 0.3 is 0 Å². The van der Waals surface area contributed by atoms with Gasteiger partial charge in [-0.15, -0.1) is 0 Å². The van der Waals surface area contributed by atoms with E-state index in [0.717, 1.165) is 12.0 Å². The van der Waals surface area contributed by atoms with Crippen LogP contribution in [0.1, 0.15) is 41.5 Å². The molecule has 1 atom stereocenters. The molecule has 3 aromatic rings. The Morgan fingerprint density at radius 2 is 2.00 bits per heavy atom. The number of fused-ring (bicyclic) bond motifs is 1. The molecule has 0 aliphatic rings.